The Balaban J connectivity index is 1.42. The van der Waals surface area contributed by atoms with Crippen LogP contribution in [-0.2, 0) is 16.4 Å². The minimum absolute atomic E-state index is 0.0983. The number of benzene rings is 1. The van der Waals surface area contributed by atoms with Crippen molar-refractivity contribution in [1.82, 2.24) is 4.72 Å². The van der Waals surface area contributed by atoms with Crippen molar-refractivity contribution in [2.24, 2.45) is 5.92 Å². The lowest BCUT2D eigenvalue weighted by Gasteiger charge is -2.21. The Morgan fingerprint density at radius 2 is 2.00 bits per heavy atom. The van der Waals surface area contributed by atoms with E-state index in [2.05, 4.69) is 24.6 Å². The number of hydrogen-bond donors (Lipinski definition) is 1. The summed E-state index contributed by atoms with van der Waals surface area (Å²) in [5.74, 6) is 2.11. The number of rotatable bonds is 8. The minimum Gasteiger partial charge on any atom is -0.490 e. The fraction of sp³-hybridized carbons (Fsp3) is 0.700. The van der Waals surface area contributed by atoms with Crippen LogP contribution in [0.3, 0.4) is 0 Å². The van der Waals surface area contributed by atoms with Crippen LogP contribution >= 0.6 is 0 Å². The van der Waals surface area contributed by atoms with Crippen LogP contribution in [-0.4, -0.2) is 32.9 Å². The Kier molecular flexibility index (Phi) is 6.13. The molecule has 6 heteroatoms. The molecule has 0 atom stereocenters. The van der Waals surface area contributed by atoms with Gasteiger partial charge in [0.15, 0.2) is 11.5 Å². The largest absolute Gasteiger partial charge is 0.490 e. The van der Waals surface area contributed by atoms with E-state index in [1.807, 2.05) is 12.1 Å². The van der Waals surface area contributed by atoms with Gasteiger partial charge in [0.1, 0.15) is 5.60 Å². The van der Waals surface area contributed by atoms with Crippen LogP contribution in [0.2, 0.25) is 0 Å². The van der Waals surface area contributed by atoms with E-state index in [1.54, 1.807) is 0 Å². The number of fused-ring (bicyclic) bond motifs is 1. The monoisotopic (exact) mass is 381 g/mol. The molecular formula is C20H31NO4S. The average molecular weight is 382 g/mol. The van der Waals surface area contributed by atoms with E-state index in [4.69, 9.17) is 9.47 Å². The van der Waals surface area contributed by atoms with Crippen molar-refractivity contribution in [3.8, 4) is 11.5 Å². The van der Waals surface area contributed by atoms with E-state index in [1.165, 1.54) is 19.3 Å². The maximum Gasteiger partial charge on any atom is 0.211 e. The van der Waals surface area contributed by atoms with Crippen molar-refractivity contribution < 1.29 is 17.9 Å². The van der Waals surface area contributed by atoms with Crippen molar-refractivity contribution in [2.45, 2.75) is 64.4 Å². The normalized spacial score (nSPS) is 19.8. The third-order valence-corrected chi connectivity index (χ3v) is 6.62. The molecule has 1 aliphatic carbocycles. The molecule has 1 heterocycles. The lowest BCUT2D eigenvalue weighted by atomic mass is 9.90. The Morgan fingerprint density at radius 1 is 1.23 bits per heavy atom. The summed E-state index contributed by atoms with van der Waals surface area (Å²) >= 11 is 0. The molecule has 2 aliphatic rings. The summed E-state index contributed by atoms with van der Waals surface area (Å²) in [6.45, 7) is 5.06. The van der Waals surface area contributed by atoms with Crippen molar-refractivity contribution in [2.75, 3.05) is 18.9 Å². The van der Waals surface area contributed by atoms with E-state index < -0.39 is 10.0 Å². The summed E-state index contributed by atoms with van der Waals surface area (Å²) in [5.41, 5.74) is 0.933. The minimum atomic E-state index is -3.23. The summed E-state index contributed by atoms with van der Waals surface area (Å²) in [5, 5.41) is 0. The van der Waals surface area contributed by atoms with Crippen LogP contribution in [0.4, 0.5) is 0 Å². The van der Waals surface area contributed by atoms with Crippen LogP contribution in [0.1, 0.15) is 57.9 Å². The van der Waals surface area contributed by atoms with Gasteiger partial charge in [-0.3, -0.25) is 0 Å². The average Bonchev–Trinajstić information content (AvgIpc) is 2.92. The molecule has 0 unspecified atom stereocenters. The summed E-state index contributed by atoms with van der Waals surface area (Å²) in [7, 11) is -3.23. The van der Waals surface area contributed by atoms with Crippen LogP contribution in [0, 0.1) is 5.92 Å². The lowest BCUT2D eigenvalue weighted by molar-refractivity contribution is 0.132. The van der Waals surface area contributed by atoms with Crippen molar-refractivity contribution >= 4 is 10.0 Å². The first-order chi connectivity index (χ1) is 12.3. The predicted molar refractivity (Wildman–Crippen MR) is 103 cm³/mol. The van der Waals surface area contributed by atoms with Gasteiger partial charge in [-0.2, -0.15) is 0 Å². The standard InChI is InChI=1S/C20H31NO4S/c1-20(2)14-17-10-6-11-18(19(17)25-20)24-12-7-13-26(22,23)21-15-16-8-4-3-5-9-16/h6,10-11,16,21H,3-5,7-9,12-15H2,1-2H3. The molecular weight excluding hydrogens is 350 g/mol. The highest BCUT2D eigenvalue weighted by Gasteiger charge is 2.32. The first kappa shape index (κ1) is 19.5. The van der Waals surface area contributed by atoms with E-state index in [-0.39, 0.29) is 11.4 Å². The Labute approximate surface area is 157 Å². The van der Waals surface area contributed by atoms with Gasteiger partial charge in [-0.15, -0.1) is 0 Å². The van der Waals surface area contributed by atoms with E-state index in [9.17, 15) is 8.42 Å². The van der Waals surface area contributed by atoms with Gasteiger partial charge in [-0.05, 0) is 45.1 Å². The van der Waals surface area contributed by atoms with Gasteiger partial charge in [-0.1, -0.05) is 31.4 Å². The number of sulfonamides is 1. The topological polar surface area (TPSA) is 64.6 Å². The smallest absolute Gasteiger partial charge is 0.211 e. The Hall–Kier alpha value is -1.27. The quantitative estimate of drug-likeness (QED) is 0.698. The SMILES string of the molecule is CC1(C)Cc2cccc(OCCCS(=O)(=O)NCC3CCCCC3)c2O1. The number of nitrogens with one attached hydrogen (secondary N) is 1. The lowest BCUT2D eigenvalue weighted by Crippen LogP contribution is -2.32. The van der Waals surface area contributed by atoms with Crippen LogP contribution in [0.5, 0.6) is 11.5 Å². The second-order valence-corrected chi connectivity index (χ2v) is 10.1. The van der Waals surface area contributed by atoms with Crippen molar-refractivity contribution in [3.63, 3.8) is 0 Å². The number of para-hydroxylation sites is 1. The Morgan fingerprint density at radius 3 is 2.77 bits per heavy atom. The molecule has 0 spiro atoms. The fourth-order valence-electron chi connectivity index (χ4n) is 3.84. The van der Waals surface area contributed by atoms with Gasteiger partial charge in [0.2, 0.25) is 10.0 Å². The zero-order valence-corrected chi connectivity index (χ0v) is 16.7. The zero-order chi connectivity index (χ0) is 18.6. The molecule has 146 valence electrons. The highest BCUT2D eigenvalue weighted by Crippen LogP contribution is 2.41. The molecule has 1 fully saturated rings. The third-order valence-electron chi connectivity index (χ3n) is 5.19. The fourth-order valence-corrected chi connectivity index (χ4v) is 4.97. The van der Waals surface area contributed by atoms with Crippen LogP contribution in [0.25, 0.3) is 0 Å². The van der Waals surface area contributed by atoms with Gasteiger partial charge >= 0.3 is 0 Å². The van der Waals surface area contributed by atoms with Gasteiger partial charge in [-0.25, -0.2) is 13.1 Å². The highest BCUT2D eigenvalue weighted by molar-refractivity contribution is 7.89. The molecule has 0 radical (unpaired) electrons. The molecule has 1 saturated carbocycles. The van der Waals surface area contributed by atoms with Gasteiger partial charge < -0.3 is 9.47 Å². The molecule has 0 aromatic heterocycles. The highest BCUT2D eigenvalue weighted by atomic mass is 32.2. The van der Waals surface area contributed by atoms with Crippen LogP contribution in [0.15, 0.2) is 18.2 Å². The first-order valence-electron chi connectivity index (χ1n) is 9.76. The molecule has 1 N–H and O–H groups in total. The first-order valence-corrected chi connectivity index (χ1v) is 11.4. The molecule has 0 saturated heterocycles. The summed E-state index contributed by atoms with van der Waals surface area (Å²) in [6, 6.07) is 5.90. The zero-order valence-electron chi connectivity index (χ0n) is 15.9. The molecule has 5 nitrogen and oxygen atoms in total. The molecule has 1 aromatic carbocycles. The van der Waals surface area contributed by atoms with Gasteiger partial charge in [0, 0.05) is 18.5 Å². The third kappa shape index (κ3) is 5.36. The molecule has 3 rings (SSSR count). The molecule has 0 bridgehead atoms. The Bertz CT molecular complexity index is 709. The van der Waals surface area contributed by atoms with Gasteiger partial charge in [0.25, 0.3) is 0 Å². The van der Waals surface area contributed by atoms with E-state index in [0.717, 1.165) is 30.6 Å². The maximum atomic E-state index is 12.2. The summed E-state index contributed by atoms with van der Waals surface area (Å²) in [6.07, 6.45) is 7.33. The van der Waals surface area contributed by atoms with Crippen LogP contribution < -0.4 is 14.2 Å². The van der Waals surface area contributed by atoms with E-state index in [0.29, 0.717) is 31.2 Å². The summed E-state index contributed by atoms with van der Waals surface area (Å²) in [4.78, 5) is 0. The number of hydrogen-bond acceptors (Lipinski definition) is 4. The molecule has 1 aliphatic heterocycles. The van der Waals surface area contributed by atoms with Gasteiger partial charge in [0.05, 0.1) is 12.4 Å². The second-order valence-electron chi connectivity index (χ2n) is 8.16. The second kappa shape index (κ2) is 8.17. The maximum absolute atomic E-state index is 12.2. The number of ether oxygens (including phenoxy) is 2. The summed E-state index contributed by atoms with van der Waals surface area (Å²) < 4.78 is 38.9. The molecule has 26 heavy (non-hydrogen) atoms. The van der Waals surface area contributed by atoms with Crippen molar-refractivity contribution in [3.05, 3.63) is 23.8 Å². The van der Waals surface area contributed by atoms with Crippen molar-refractivity contribution in [1.29, 1.82) is 0 Å². The molecule has 0 amide bonds. The molecule has 1 aromatic rings. The van der Waals surface area contributed by atoms with E-state index >= 15 is 0 Å². The predicted octanol–water partition coefficient (Wildman–Crippen LogP) is 3.67.